The number of thiophene rings is 1. The smallest absolute Gasteiger partial charge is 0.232 e. The minimum Gasteiger partial charge on any atom is -0.398 e. The molecule has 0 aliphatic carbocycles. The molecular weight excluding hydrogens is 312 g/mol. The van der Waals surface area contributed by atoms with Crippen LogP contribution in [-0.4, -0.2) is 5.91 Å². The molecular formula is C13H11BrN2OS. The lowest BCUT2D eigenvalue weighted by molar-refractivity contribution is -0.117. The molecule has 5 heteroatoms. The first kappa shape index (κ1) is 11.7. The SMILES string of the molecule is Nc1cc2c(cc1Br)C(Cc1cccs1)C(=O)N2. The van der Waals surface area contributed by atoms with Gasteiger partial charge in [0.1, 0.15) is 0 Å². The predicted octanol–water partition coefficient (Wildman–Crippen LogP) is 3.37. The normalized spacial score (nSPS) is 17.6. The molecule has 0 bridgehead atoms. The number of hydrogen-bond donors (Lipinski definition) is 2. The molecule has 1 atom stereocenters. The van der Waals surface area contributed by atoms with E-state index < -0.39 is 0 Å². The quantitative estimate of drug-likeness (QED) is 0.833. The molecule has 1 unspecified atom stereocenters. The average molecular weight is 323 g/mol. The van der Waals surface area contributed by atoms with Gasteiger partial charge in [0.05, 0.1) is 5.92 Å². The number of carbonyl (C=O) groups excluding carboxylic acids is 1. The maximum atomic E-state index is 12.0. The molecule has 1 aromatic carbocycles. The summed E-state index contributed by atoms with van der Waals surface area (Å²) in [4.78, 5) is 13.2. The Labute approximate surface area is 117 Å². The number of rotatable bonds is 2. The molecule has 3 rings (SSSR count). The lowest BCUT2D eigenvalue weighted by atomic mass is 9.96. The van der Waals surface area contributed by atoms with Crippen molar-refractivity contribution in [3.05, 3.63) is 44.6 Å². The number of nitrogens with two attached hydrogens (primary N) is 1. The fraction of sp³-hybridized carbons (Fsp3) is 0.154. The lowest BCUT2D eigenvalue weighted by Crippen LogP contribution is -2.13. The second-order valence-electron chi connectivity index (χ2n) is 4.29. The fourth-order valence-corrected chi connectivity index (χ4v) is 3.31. The van der Waals surface area contributed by atoms with Crippen molar-refractivity contribution < 1.29 is 4.79 Å². The number of nitrogen functional groups attached to an aromatic ring is 1. The predicted molar refractivity (Wildman–Crippen MR) is 77.9 cm³/mol. The molecule has 1 amide bonds. The topological polar surface area (TPSA) is 55.1 Å². The van der Waals surface area contributed by atoms with Gasteiger partial charge in [-0.05, 0) is 51.5 Å². The Balaban J connectivity index is 1.98. The summed E-state index contributed by atoms with van der Waals surface area (Å²) in [6.45, 7) is 0. The molecule has 18 heavy (non-hydrogen) atoms. The Kier molecular flexibility index (Phi) is 2.87. The van der Waals surface area contributed by atoms with Crippen LogP contribution in [0.5, 0.6) is 0 Å². The molecule has 1 aliphatic rings. The largest absolute Gasteiger partial charge is 0.398 e. The summed E-state index contributed by atoms with van der Waals surface area (Å²) in [5.41, 5.74) is 8.33. The van der Waals surface area contributed by atoms with Crippen molar-refractivity contribution in [2.45, 2.75) is 12.3 Å². The van der Waals surface area contributed by atoms with E-state index >= 15 is 0 Å². The molecule has 3 N–H and O–H groups in total. The number of benzene rings is 1. The Bertz CT molecular complexity index is 610. The van der Waals surface area contributed by atoms with E-state index in [0.29, 0.717) is 5.69 Å². The maximum absolute atomic E-state index is 12.0. The first-order valence-corrected chi connectivity index (χ1v) is 7.24. The van der Waals surface area contributed by atoms with Crippen molar-refractivity contribution in [1.82, 2.24) is 0 Å². The Morgan fingerprint density at radius 1 is 1.44 bits per heavy atom. The molecule has 3 nitrogen and oxygen atoms in total. The molecule has 1 aromatic heterocycles. The summed E-state index contributed by atoms with van der Waals surface area (Å²) in [7, 11) is 0. The van der Waals surface area contributed by atoms with Gasteiger partial charge >= 0.3 is 0 Å². The van der Waals surface area contributed by atoms with Crippen molar-refractivity contribution in [3.8, 4) is 0 Å². The first-order valence-electron chi connectivity index (χ1n) is 5.57. The number of amides is 1. The highest BCUT2D eigenvalue weighted by Crippen LogP contribution is 2.39. The van der Waals surface area contributed by atoms with Crippen LogP contribution in [0.25, 0.3) is 0 Å². The van der Waals surface area contributed by atoms with Crippen LogP contribution in [-0.2, 0) is 11.2 Å². The van der Waals surface area contributed by atoms with Gasteiger partial charge in [-0.25, -0.2) is 0 Å². The lowest BCUT2D eigenvalue weighted by Gasteiger charge is -2.08. The van der Waals surface area contributed by atoms with E-state index in [1.165, 1.54) is 4.88 Å². The van der Waals surface area contributed by atoms with Gasteiger partial charge < -0.3 is 11.1 Å². The van der Waals surface area contributed by atoms with Crippen LogP contribution in [0.3, 0.4) is 0 Å². The third-order valence-electron chi connectivity index (χ3n) is 3.10. The molecule has 1 aliphatic heterocycles. The third kappa shape index (κ3) is 1.93. The van der Waals surface area contributed by atoms with Crippen LogP contribution in [0.2, 0.25) is 0 Å². The van der Waals surface area contributed by atoms with Crippen LogP contribution in [0, 0.1) is 0 Å². The minimum absolute atomic E-state index is 0.0518. The number of fused-ring (bicyclic) bond motifs is 1. The Morgan fingerprint density at radius 2 is 2.28 bits per heavy atom. The second kappa shape index (κ2) is 4.40. The van der Waals surface area contributed by atoms with E-state index in [0.717, 1.165) is 22.1 Å². The molecule has 0 saturated carbocycles. The molecule has 0 radical (unpaired) electrons. The monoisotopic (exact) mass is 322 g/mol. The van der Waals surface area contributed by atoms with Gasteiger partial charge in [0.25, 0.3) is 0 Å². The summed E-state index contributed by atoms with van der Waals surface area (Å²) < 4.78 is 0.842. The van der Waals surface area contributed by atoms with Crippen molar-refractivity contribution in [1.29, 1.82) is 0 Å². The van der Waals surface area contributed by atoms with E-state index in [4.69, 9.17) is 5.73 Å². The third-order valence-corrected chi connectivity index (χ3v) is 4.69. The Hall–Kier alpha value is -1.33. The number of carbonyl (C=O) groups is 1. The van der Waals surface area contributed by atoms with Crippen molar-refractivity contribution >= 4 is 44.5 Å². The summed E-state index contributed by atoms with van der Waals surface area (Å²) in [5, 5.41) is 4.92. The number of nitrogens with one attached hydrogen (secondary N) is 1. The first-order chi connectivity index (χ1) is 8.65. The molecule has 2 heterocycles. The highest BCUT2D eigenvalue weighted by molar-refractivity contribution is 9.10. The van der Waals surface area contributed by atoms with Gasteiger partial charge in [0.15, 0.2) is 0 Å². The van der Waals surface area contributed by atoms with Crippen LogP contribution in [0.4, 0.5) is 11.4 Å². The highest BCUT2D eigenvalue weighted by Gasteiger charge is 2.31. The molecule has 0 saturated heterocycles. The van der Waals surface area contributed by atoms with Crippen molar-refractivity contribution in [2.75, 3.05) is 11.1 Å². The Morgan fingerprint density at radius 3 is 3.00 bits per heavy atom. The standard InChI is InChI=1S/C13H11BrN2OS/c14-10-5-8-9(4-7-2-1-3-18-7)13(17)16-12(8)6-11(10)15/h1-3,5-6,9H,4,15H2,(H,16,17). The highest BCUT2D eigenvalue weighted by atomic mass is 79.9. The van der Waals surface area contributed by atoms with Crippen LogP contribution < -0.4 is 11.1 Å². The van der Waals surface area contributed by atoms with Gasteiger partial charge in [0.2, 0.25) is 5.91 Å². The summed E-state index contributed by atoms with van der Waals surface area (Å²) in [5.74, 6) is -0.0635. The number of hydrogen-bond acceptors (Lipinski definition) is 3. The zero-order chi connectivity index (χ0) is 12.7. The van der Waals surface area contributed by atoms with Crippen molar-refractivity contribution in [2.24, 2.45) is 0 Å². The van der Waals surface area contributed by atoms with Gasteiger partial charge in [-0.15, -0.1) is 11.3 Å². The molecule has 0 spiro atoms. The summed E-state index contributed by atoms with van der Waals surface area (Å²) in [6, 6.07) is 7.82. The van der Waals surface area contributed by atoms with Crippen LogP contribution in [0.15, 0.2) is 34.1 Å². The van der Waals surface area contributed by atoms with Gasteiger partial charge in [-0.3, -0.25) is 4.79 Å². The zero-order valence-corrected chi connectivity index (χ0v) is 11.8. The van der Waals surface area contributed by atoms with E-state index in [2.05, 4.69) is 27.3 Å². The average Bonchev–Trinajstić information content (AvgIpc) is 2.92. The number of anilines is 2. The van der Waals surface area contributed by atoms with E-state index in [-0.39, 0.29) is 11.8 Å². The maximum Gasteiger partial charge on any atom is 0.232 e. The summed E-state index contributed by atoms with van der Waals surface area (Å²) >= 11 is 5.09. The second-order valence-corrected chi connectivity index (χ2v) is 6.17. The van der Waals surface area contributed by atoms with E-state index in [1.807, 2.05) is 23.6 Å². The fourth-order valence-electron chi connectivity index (χ4n) is 2.20. The summed E-state index contributed by atoms with van der Waals surface area (Å²) in [6.07, 6.45) is 0.743. The van der Waals surface area contributed by atoms with Crippen molar-refractivity contribution in [3.63, 3.8) is 0 Å². The minimum atomic E-state index is -0.115. The van der Waals surface area contributed by atoms with Gasteiger partial charge in [-0.2, -0.15) is 0 Å². The molecule has 92 valence electrons. The van der Waals surface area contributed by atoms with Crippen LogP contribution in [0.1, 0.15) is 16.4 Å². The zero-order valence-electron chi connectivity index (χ0n) is 9.44. The van der Waals surface area contributed by atoms with Gasteiger partial charge in [0, 0.05) is 20.7 Å². The van der Waals surface area contributed by atoms with Crippen LogP contribution >= 0.6 is 27.3 Å². The van der Waals surface area contributed by atoms with E-state index in [9.17, 15) is 4.79 Å². The number of halogens is 1. The van der Waals surface area contributed by atoms with E-state index in [1.54, 1.807) is 11.3 Å². The van der Waals surface area contributed by atoms with Gasteiger partial charge in [-0.1, -0.05) is 6.07 Å². The molecule has 2 aromatic rings. The molecule has 0 fully saturated rings.